The van der Waals surface area contributed by atoms with Crippen LogP contribution < -0.4 is 10.2 Å². The van der Waals surface area contributed by atoms with E-state index in [0.717, 1.165) is 4.90 Å². The molecule has 0 unspecified atom stereocenters. The van der Waals surface area contributed by atoms with Gasteiger partial charge in [-0.05, 0) is 26.0 Å². The highest BCUT2D eigenvalue weighted by Gasteiger charge is 2.48. The summed E-state index contributed by atoms with van der Waals surface area (Å²) in [7, 11) is 0. The molecule has 5 nitrogen and oxygen atoms in total. The molecule has 0 saturated carbocycles. The van der Waals surface area contributed by atoms with E-state index in [9.17, 15) is 14.4 Å². The summed E-state index contributed by atoms with van der Waals surface area (Å²) in [6, 6.07) is 1.75. The van der Waals surface area contributed by atoms with Crippen LogP contribution in [-0.2, 0) is 9.59 Å². The van der Waals surface area contributed by atoms with E-state index < -0.39 is 23.3 Å². The van der Waals surface area contributed by atoms with E-state index in [1.165, 1.54) is 26.0 Å². The zero-order valence-corrected chi connectivity index (χ0v) is 12.7. The Bertz CT molecular complexity index is 643. The van der Waals surface area contributed by atoms with E-state index in [-0.39, 0.29) is 20.8 Å². The number of hydrogen-bond donors (Lipinski definition) is 1. The number of urea groups is 1. The van der Waals surface area contributed by atoms with Gasteiger partial charge in [0.2, 0.25) is 11.8 Å². The van der Waals surface area contributed by atoms with Gasteiger partial charge in [0.15, 0.2) is 0 Å². The molecule has 106 valence electrons. The van der Waals surface area contributed by atoms with Crippen LogP contribution in [0.5, 0.6) is 0 Å². The van der Waals surface area contributed by atoms with Crippen LogP contribution in [0.15, 0.2) is 12.1 Å². The van der Waals surface area contributed by atoms with Crippen LogP contribution in [0.3, 0.4) is 0 Å². The fourth-order valence-electron chi connectivity index (χ4n) is 1.68. The van der Waals surface area contributed by atoms with Crippen LogP contribution in [0.1, 0.15) is 13.8 Å². The number of hydrogen-bond acceptors (Lipinski definition) is 3. The van der Waals surface area contributed by atoms with E-state index in [2.05, 4.69) is 5.32 Å². The molecule has 8 heteroatoms. The minimum atomic E-state index is -1.39. The van der Waals surface area contributed by atoms with Gasteiger partial charge in [0.25, 0.3) is 0 Å². The minimum Gasteiger partial charge on any atom is -0.276 e. The number of rotatable bonds is 1. The zero-order chi connectivity index (χ0) is 15.2. The highest BCUT2D eigenvalue weighted by molar-refractivity contribution is 6.45. The van der Waals surface area contributed by atoms with Crippen molar-refractivity contribution in [2.24, 2.45) is 5.41 Å². The first-order chi connectivity index (χ1) is 9.16. The van der Waals surface area contributed by atoms with E-state index in [4.69, 9.17) is 34.8 Å². The predicted octanol–water partition coefficient (Wildman–Crippen LogP) is 3.26. The second-order valence-corrected chi connectivity index (χ2v) is 5.96. The Hall–Kier alpha value is -1.30. The molecule has 1 aromatic carbocycles. The molecule has 1 fully saturated rings. The lowest BCUT2D eigenvalue weighted by atomic mass is 9.88. The maximum atomic E-state index is 12.3. The molecule has 20 heavy (non-hydrogen) atoms. The number of imide groups is 2. The Balaban J connectivity index is 2.57. The van der Waals surface area contributed by atoms with Crippen molar-refractivity contribution in [2.75, 3.05) is 4.90 Å². The summed E-state index contributed by atoms with van der Waals surface area (Å²) in [5.74, 6) is -1.36. The molecular weight excluding hydrogens is 327 g/mol. The van der Waals surface area contributed by atoms with Crippen molar-refractivity contribution in [3.05, 3.63) is 27.2 Å². The van der Waals surface area contributed by atoms with E-state index >= 15 is 0 Å². The summed E-state index contributed by atoms with van der Waals surface area (Å²) in [5, 5.41) is 2.51. The van der Waals surface area contributed by atoms with Crippen molar-refractivity contribution in [1.82, 2.24) is 5.32 Å². The molecule has 1 aliphatic heterocycles. The lowest BCUT2D eigenvalue weighted by Crippen LogP contribution is -2.62. The Labute approximate surface area is 129 Å². The number of carbonyl (C=O) groups is 3. The molecule has 0 bridgehead atoms. The lowest BCUT2D eigenvalue weighted by molar-refractivity contribution is -0.140. The number of benzene rings is 1. The molecular formula is C12H9Cl3N2O3. The Morgan fingerprint density at radius 3 is 2.15 bits per heavy atom. The van der Waals surface area contributed by atoms with Gasteiger partial charge in [-0.15, -0.1) is 0 Å². The van der Waals surface area contributed by atoms with Crippen LogP contribution in [0, 0.1) is 5.41 Å². The lowest BCUT2D eigenvalue weighted by Gasteiger charge is -2.34. The maximum absolute atomic E-state index is 12.3. The molecule has 0 spiro atoms. The Morgan fingerprint density at radius 1 is 1.00 bits per heavy atom. The molecule has 0 radical (unpaired) electrons. The summed E-state index contributed by atoms with van der Waals surface area (Å²) in [5.41, 5.74) is -1.31. The van der Waals surface area contributed by atoms with Gasteiger partial charge in [-0.2, -0.15) is 0 Å². The molecule has 0 atom stereocenters. The Morgan fingerprint density at radius 2 is 1.55 bits per heavy atom. The molecule has 1 aliphatic rings. The zero-order valence-electron chi connectivity index (χ0n) is 10.5. The van der Waals surface area contributed by atoms with Crippen molar-refractivity contribution < 1.29 is 14.4 Å². The number of halogens is 3. The average Bonchev–Trinajstić information content (AvgIpc) is 2.33. The summed E-state index contributed by atoms with van der Waals surface area (Å²) < 4.78 is 0. The highest BCUT2D eigenvalue weighted by Crippen LogP contribution is 2.37. The van der Waals surface area contributed by atoms with Gasteiger partial charge in [-0.3, -0.25) is 14.9 Å². The number of amides is 4. The molecule has 2 rings (SSSR count). The maximum Gasteiger partial charge on any atom is 0.335 e. The first-order valence-electron chi connectivity index (χ1n) is 5.50. The quantitative estimate of drug-likeness (QED) is 0.633. The third kappa shape index (κ3) is 2.26. The SMILES string of the molecule is CC1(C)C(=O)NC(=O)N(c2cc(Cl)c(Cl)cc2Cl)C1=O. The molecule has 1 heterocycles. The molecule has 1 saturated heterocycles. The second kappa shape index (κ2) is 4.91. The number of carbonyl (C=O) groups excluding carboxylic acids is 3. The average molecular weight is 336 g/mol. The normalized spacial score (nSPS) is 18.2. The van der Waals surface area contributed by atoms with Crippen molar-refractivity contribution in [3.63, 3.8) is 0 Å². The largest absolute Gasteiger partial charge is 0.335 e. The number of nitrogens with zero attached hydrogens (tertiary/aromatic N) is 1. The summed E-state index contributed by atoms with van der Waals surface area (Å²) in [4.78, 5) is 36.7. The van der Waals surface area contributed by atoms with Crippen molar-refractivity contribution >= 4 is 58.3 Å². The molecule has 0 aliphatic carbocycles. The smallest absolute Gasteiger partial charge is 0.276 e. The third-order valence-electron chi connectivity index (χ3n) is 2.96. The van der Waals surface area contributed by atoms with Gasteiger partial charge >= 0.3 is 6.03 Å². The number of barbiturate groups is 1. The minimum absolute atomic E-state index is 0.0733. The molecule has 1 aromatic rings. The van der Waals surface area contributed by atoms with Crippen LogP contribution in [-0.4, -0.2) is 17.8 Å². The van der Waals surface area contributed by atoms with Gasteiger partial charge in [0, 0.05) is 0 Å². The number of nitrogens with one attached hydrogen (secondary N) is 1. The summed E-state index contributed by atoms with van der Waals surface area (Å²) >= 11 is 17.7. The van der Waals surface area contributed by atoms with E-state index in [0.29, 0.717) is 0 Å². The van der Waals surface area contributed by atoms with Crippen LogP contribution in [0.2, 0.25) is 15.1 Å². The van der Waals surface area contributed by atoms with Gasteiger partial charge in [0.1, 0.15) is 5.41 Å². The second-order valence-electron chi connectivity index (χ2n) is 4.74. The standard InChI is InChI=1S/C12H9Cl3N2O3/c1-12(2)9(18)16-11(20)17(10(12)19)8-4-6(14)5(13)3-7(8)15/h3-4H,1-2H3,(H,16,18,20). The van der Waals surface area contributed by atoms with Crippen molar-refractivity contribution in [2.45, 2.75) is 13.8 Å². The topological polar surface area (TPSA) is 66.5 Å². The highest BCUT2D eigenvalue weighted by atomic mass is 35.5. The molecule has 1 N–H and O–H groups in total. The van der Waals surface area contributed by atoms with Crippen LogP contribution in [0.4, 0.5) is 10.5 Å². The van der Waals surface area contributed by atoms with Gasteiger partial charge in [-0.1, -0.05) is 34.8 Å². The van der Waals surface area contributed by atoms with Crippen LogP contribution in [0.25, 0.3) is 0 Å². The summed E-state index contributed by atoms with van der Waals surface area (Å²) in [6.07, 6.45) is 0. The van der Waals surface area contributed by atoms with Gasteiger partial charge in [-0.25, -0.2) is 9.69 Å². The first-order valence-corrected chi connectivity index (χ1v) is 6.64. The van der Waals surface area contributed by atoms with Gasteiger partial charge < -0.3 is 0 Å². The third-order valence-corrected chi connectivity index (χ3v) is 3.98. The van der Waals surface area contributed by atoms with Crippen molar-refractivity contribution in [3.8, 4) is 0 Å². The summed E-state index contributed by atoms with van der Waals surface area (Å²) in [6.45, 7) is 2.82. The predicted molar refractivity (Wildman–Crippen MR) is 76.3 cm³/mol. The van der Waals surface area contributed by atoms with Crippen LogP contribution >= 0.6 is 34.8 Å². The first kappa shape index (κ1) is 15.1. The number of anilines is 1. The fourth-order valence-corrected chi connectivity index (χ4v) is 2.31. The fraction of sp³-hybridized carbons (Fsp3) is 0.250. The van der Waals surface area contributed by atoms with Gasteiger partial charge in [0.05, 0.1) is 20.8 Å². The van der Waals surface area contributed by atoms with E-state index in [1.54, 1.807) is 0 Å². The monoisotopic (exact) mass is 334 g/mol. The molecule has 0 aromatic heterocycles. The van der Waals surface area contributed by atoms with Crippen molar-refractivity contribution in [1.29, 1.82) is 0 Å². The van der Waals surface area contributed by atoms with E-state index in [1.807, 2.05) is 0 Å². The Kier molecular flexibility index (Phi) is 3.71. The molecule has 4 amide bonds.